The number of hydrogen-bond donors (Lipinski definition) is 2. The van der Waals surface area contributed by atoms with Gasteiger partial charge in [0, 0.05) is 18.7 Å². The van der Waals surface area contributed by atoms with Crippen molar-refractivity contribution in [2.45, 2.75) is 19.0 Å². The molecule has 0 aromatic heterocycles. The first-order valence-electron chi connectivity index (χ1n) is 8.13. The van der Waals surface area contributed by atoms with Gasteiger partial charge in [-0.1, -0.05) is 54.6 Å². The highest BCUT2D eigenvalue weighted by atomic mass is 19.4. The number of ether oxygens (including phenoxy) is 1. The van der Waals surface area contributed by atoms with Crippen LogP contribution in [0.5, 0.6) is 5.75 Å². The van der Waals surface area contributed by atoms with Gasteiger partial charge in [0.05, 0.1) is 6.10 Å². The second-order valence-electron chi connectivity index (χ2n) is 5.91. The summed E-state index contributed by atoms with van der Waals surface area (Å²) in [5, 5.41) is 15.4. The Balaban J connectivity index is 1.62. The molecular formula is C20H18F3NO2. The number of hydrogen-bond acceptors (Lipinski definition) is 3. The summed E-state index contributed by atoms with van der Waals surface area (Å²) in [4.78, 5) is 0. The number of rotatable bonds is 6. The molecule has 26 heavy (non-hydrogen) atoms. The third-order valence-corrected chi connectivity index (χ3v) is 4.01. The zero-order chi connectivity index (χ0) is 18.6. The molecule has 6 heteroatoms. The highest BCUT2D eigenvalue weighted by Crippen LogP contribution is 2.26. The molecular weight excluding hydrogens is 343 g/mol. The Morgan fingerprint density at radius 2 is 1.62 bits per heavy atom. The predicted octanol–water partition coefficient (Wildman–Crippen LogP) is 4.56. The Hall–Kier alpha value is -2.57. The van der Waals surface area contributed by atoms with E-state index in [1.807, 2.05) is 42.5 Å². The van der Waals surface area contributed by atoms with Crippen LogP contribution < -0.4 is 10.1 Å². The average Bonchev–Trinajstić information content (AvgIpc) is 2.61. The van der Waals surface area contributed by atoms with Gasteiger partial charge in [0.15, 0.2) is 0 Å². The Morgan fingerprint density at radius 3 is 2.38 bits per heavy atom. The molecule has 0 aliphatic heterocycles. The van der Waals surface area contributed by atoms with Gasteiger partial charge in [-0.25, -0.2) is 0 Å². The van der Waals surface area contributed by atoms with E-state index in [0.29, 0.717) is 5.56 Å². The van der Waals surface area contributed by atoms with Crippen LogP contribution in [-0.2, 0) is 6.54 Å². The van der Waals surface area contributed by atoms with Gasteiger partial charge in [0.1, 0.15) is 5.75 Å². The zero-order valence-electron chi connectivity index (χ0n) is 13.8. The summed E-state index contributed by atoms with van der Waals surface area (Å²) in [5.41, 5.74) is 1.12. The number of aliphatic hydroxyl groups is 1. The van der Waals surface area contributed by atoms with Crippen LogP contribution in [0.4, 0.5) is 13.2 Å². The van der Waals surface area contributed by atoms with E-state index < -0.39 is 12.5 Å². The van der Waals surface area contributed by atoms with E-state index in [1.54, 1.807) is 12.1 Å². The van der Waals surface area contributed by atoms with Gasteiger partial charge in [-0.05, 0) is 28.5 Å². The van der Waals surface area contributed by atoms with Crippen molar-refractivity contribution in [1.29, 1.82) is 0 Å². The average molecular weight is 361 g/mol. The maximum Gasteiger partial charge on any atom is 0.573 e. The summed E-state index contributed by atoms with van der Waals surface area (Å²) in [7, 11) is 0. The van der Waals surface area contributed by atoms with Crippen molar-refractivity contribution in [3.8, 4) is 5.75 Å². The smallest absolute Gasteiger partial charge is 0.405 e. The molecule has 3 aromatic carbocycles. The summed E-state index contributed by atoms with van der Waals surface area (Å²) in [6.07, 6.45) is -5.50. The Bertz CT molecular complexity index is 880. The molecule has 1 atom stereocenters. The fraction of sp³-hybridized carbons (Fsp3) is 0.200. The minimum atomic E-state index is -4.74. The van der Waals surface area contributed by atoms with Crippen molar-refractivity contribution in [2.75, 3.05) is 6.54 Å². The quantitative estimate of drug-likeness (QED) is 0.676. The fourth-order valence-electron chi connectivity index (χ4n) is 2.75. The molecule has 0 saturated carbocycles. The van der Waals surface area contributed by atoms with Gasteiger partial charge < -0.3 is 15.2 Å². The molecule has 136 valence electrons. The predicted molar refractivity (Wildman–Crippen MR) is 93.7 cm³/mol. The van der Waals surface area contributed by atoms with Crippen LogP contribution in [0.25, 0.3) is 10.8 Å². The number of para-hydroxylation sites is 1. The van der Waals surface area contributed by atoms with Gasteiger partial charge in [-0.15, -0.1) is 13.2 Å². The first kappa shape index (κ1) is 18.2. The standard InChI is InChI=1S/C20H18F3NO2/c21-20(22,23)26-19-8-4-3-7-17(19)12-24-13-18(25)16-10-9-14-5-1-2-6-15(14)11-16/h1-11,18,24-25H,12-13H2. The monoisotopic (exact) mass is 361 g/mol. The molecule has 0 heterocycles. The molecule has 0 radical (unpaired) electrons. The molecule has 2 N–H and O–H groups in total. The third kappa shape index (κ3) is 4.74. The first-order valence-corrected chi connectivity index (χ1v) is 8.13. The van der Waals surface area contributed by atoms with E-state index in [0.717, 1.165) is 16.3 Å². The van der Waals surface area contributed by atoms with Crippen molar-refractivity contribution < 1.29 is 23.0 Å². The number of nitrogens with one attached hydrogen (secondary N) is 1. The topological polar surface area (TPSA) is 41.5 Å². The van der Waals surface area contributed by atoms with Gasteiger partial charge in [-0.2, -0.15) is 0 Å². The van der Waals surface area contributed by atoms with E-state index >= 15 is 0 Å². The molecule has 0 amide bonds. The van der Waals surface area contributed by atoms with E-state index in [-0.39, 0.29) is 18.8 Å². The molecule has 3 nitrogen and oxygen atoms in total. The van der Waals surface area contributed by atoms with E-state index in [1.165, 1.54) is 12.1 Å². The second kappa shape index (κ2) is 7.76. The van der Waals surface area contributed by atoms with Crippen LogP contribution in [0, 0.1) is 0 Å². The highest BCUT2D eigenvalue weighted by Gasteiger charge is 2.31. The summed E-state index contributed by atoms with van der Waals surface area (Å²) < 4.78 is 41.3. The van der Waals surface area contributed by atoms with Crippen molar-refractivity contribution in [1.82, 2.24) is 5.32 Å². The van der Waals surface area contributed by atoms with Crippen LogP contribution in [0.3, 0.4) is 0 Å². The zero-order valence-corrected chi connectivity index (χ0v) is 13.8. The lowest BCUT2D eigenvalue weighted by Crippen LogP contribution is -2.23. The highest BCUT2D eigenvalue weighted by molar-refractivity contribution is 5.83. The number of fused-ring (bicyclic) bond motifs is 1. The third-order valence-electron chi connectivity index (χ3n) is 4.01. The largest absolute Gasteiger partial charge is 0.573 e. The molecule has 0 aliphatic rings. The van der Waals surface area contributed by atoms with Crippen LogP contribution in [0.2, 0.25) is 0 Å². The molecule has 0 aliphatic carbocycles. The molecule has 0 bridgehead atoms. The Kier molecular flexibility index (Phi) is 5.44. The van der Waals surface area contributed by atoms with Crippen LogP contribution >= 0.6 is 0 Å². The maximum absolute atomic E-state index is 12.4. The number of benzene rings is 3. The van der Waals surface area contributed by atoms with Crippen LogP contribution in [0.15, 0.2) is 66.7 Å². The lowest BCUT2D eigenvalue weighted by Gasteiger charge is -2.16. The first-order chi connectivity index (χ1) is 12.4. The van der Waals surface area contributed by atoms with Crippen molar-refractivity contribution in [3.63, 3.8) is 0 Å². The normalized spacial score (nSPS) is 12.9. The Morgan fingerprint density at radius 1 is 0.923 bits per heavy atom. The lowest BCUT2D eigenvalue weighted by molar-refractivity contribution is -0.274. The number of alkyl halides is 3. The maximum atomic E-state index is 12.4. The molecule has 0 saturated heterocycles. The second-order valence-corrected chi connectivity index (χ2v) is 5.91. The van der Waals surface area contributed by atoms with Crippen molar-refractivity contribution in [2.24, 2.45) is 0 Å². The van der Waals surface area contributed by atoms with Crippen LogP contribution in [-0.4, -0.2) is 18.0 Å². The molecule has 3 aromatic rings. The summed E-state index contributed by atoms with van der Waals surface area (Å²) in [6.45, 7) is 0.357. The Labute approximate surface area is 149 Å². The minimum absolute atomic E-state index is 0.150. The van der Waals surface area contributed by atoms with Gasteiger partial charge in [0.2, 0.25) is 0 Å². The molecule has 3 rings (SSSR count). The van der Waals surface area contributed by atoms with Gasteiger partial charge in [-0.3, -0.25) is 0 Å². The summed E-state index contributed by atoms with van der Waals surface area (Å²) in [6, 6.07) is 19.4. The lowest BCUT2D eigenvalue weighted by atomic mass is 10.0. The number of halogens is 3. The summed E-state index contributed by atoms with van der Waals surface area (Å²) >= 11 is 0. The van der Waals surface area contributed by atoms with E-state index in [2.05, 4.69) is 10.1 Å². The van der Waals surface area contributed by atoms with Crippen molar-refractivity contribution >= 4 is 10.8 Å². The minimum Gasteiger partial charge on any atom is -0.405 e. The van der Waals surface area contributed by atoms with Crippen LogP contribution in [0.1, 0.15) is 17.2 Å². The molecule has 1 unspecified atom stereocenters. The van der Waals surface area contributed by atoms with E-state index in [9.17, 15) is 18.3 Å². The molecule has 0 fully saturated rings. The number of aliphatic hydroxyl groups excluding tert-OH is 1. The van der Waals surface area contributed by atoms with E-state index in [4.69, 9.17) is 0 Å². The summed E-state index contributed by atoms with van der Waals surface area (Å²) in [5.74, 6) is -0.243. The van der Waals surface area contributed by atoms with Gasteiger partial charge in [0.25, 0.3) is 0 Å². The van der Waals surface area contributed by atoms with Gasteiger partial charge >= 0.3 is 6.36 Å². The molecule has 0 spiro atoms. The van der Waals surface area contributed by atoms with Crippen molar-refractivity contribution in [3.05, 3.63) is 77.9 Å². The SMILES string of the molecule is OC(CNCc1ccccc1OC(F)(F)F)c1ccc2ccccc2c1. The fourth-order valence-corrected chi connectivity index (χ4v) is 2.75.